The number of fused-ring (bicyclic) bond motifs is 14. The molecule has 1 aliphatic heterocycles. The second-order valence-corrected chi connectivity index (χ2v) is 18.6. The Bertz CT molecular complexity index is 3200. The second-order valence-electron chi connectivity index (χ2n) is 13.0. The van der Waals surface area contributed by atoms with E-state index in [1.54, 1.807) is 22.7 Å². The summed E-state index contributed by atoms with van der Waals surface area (Å²) in [6.45, 7) is 4.42. The quantitative estimate of drug-likeness (QED) is 0.131. The van der Waals surface area contributed by atoms with Gasteiger partial charge in [0, 0.05) is 50.3 Å². The predicted octanol–water partition coefficient (Wildman–Crippen LogP) is 11.4. The fraction of sp³-hybridized carbons (Fsp3) is 0.0682. The molecule has 5 aromatic heterocycles. The van der Waals surface area contributed by atoms with Gasteiger partial charge in [-0.15, -0.1) is 54.7 Å². The van der Waals surface area contributed by atoms with Gasteiger partial charge in [-0.1, -0.05) is 97.6 Å². The first-order valence-electron chi connectivity index (χ1n) is 17.1. The predicted molar refractivity (Wildman–Crippen MR) is 235 cm³/mol. The van der Waals surface area contributed by atoms with E-state index < -0.39 is 0 Å². The third kappa shape index (κ3) is 4.54. The first kappa shape index (κ1) is 30.1. The SMILES string of the molecule is C=c1/c(=C\C=C\c2nc(-n3c4c(c5c6ccccc6c6c7c(sc6c53)CCC=C7)C=CCI=C4)nc3sc4ccccc4c23)sc2ccccc12. The lowest BCUT2D eigenvalue weighted by atomic mass is 9.95. The monoisotopic (exact) mass is 821 g/mol. The molecule has 244 valence electrons. The zero-order chi connectivity index (χ0) is 33.6. The van der Waals surface area contributed by atoms with Gasteiger partial charge in [-0.05, 0) is 68.1 Å². The van der Waals surface area contributed by atoms with Gasteiger partial charge >= 0.3 is 0 Å². The Morgan fingerprint density at radius 1 is 0.745 bits per heavy atom. The number of aryl methyl sites for hydroxylation is 1. The van der Waals surface area contributed by atoms with Gasteiger partial charge in [-0.2, -0.15) is 0 Å². The van der Waals surface area contributed by atoms with Crippen LogP contribution in [0.3, 0.4) is 0 Å². The fourth-order valence-electron chi connectivity index (χ4n) is 7.87. The molecule has 3 nitrogen and oxygen atoms in total. The van der Waals surface area contributed by atoms with Crippen molar-refractivity contribution in [2.75, 3.05) is 4.43 Å². The van der Waals surface area contributed by atoms with Gasteiger partial charge in [-0.3, -0.25) is 4.57 Å². The van der Waals surface area contributed by atoms with Crippen molar-refractivity contribution in [2.24, 2.45) is 0 Å². The lowest BCUT2D eigenvalue weighted by molar-refractivity contribution is 0.977. The molecule has 0 N–H and O–H groups in total. The molecular formula is C44H28IN3S3. The third-order valence-electron chi connectivity index (χ3n) is 10.1. The van der Waals surface area contributed by atoms with E-state index in [1.165, 1.54) is 78.2 Å². The number of hydrogen-bond donors (Lipinski definition) is 0. The Kier molecular flexibility index (Phi) is 6.94. The number of halogens is 1. The molecule has 4 aromatic carbocycles. The second kappa shape index (κ2) is 11.7. The van der Waals surface area contributed by atoms with Crippen molar-refractivity contribution in [1.82, 2.24) is 14.5 Å². The number of allylic oxidation sites excluding steroid dienone is 3. The Hall–Kier alpha value is -4.54. The smallest absolute Gasteiger partial charge is 0.236 e. The molecule has 0 fully saturated rings. The van der Waals surface area contributed by atoms with Gasteiger partial charge in [0.1, 0.15) is 4.83 Å². The van der Waals surface area contributed by atoms with Gasteiger partial charge in [0.25, 0.3) is 0 Å². The molecular weight excluding hydrogens is 794 g/mol. The van der Waals surface area contributed by atoms with E-state index in [1.807, 2.05) is 11.3 Å². The largest absolute Gasteiger partial charge is 0.276 e. The van der Waals surface area contributed by atoms with Crippen LogP contribution in [0.15, 0.2) is 91.0 Å². The summed E-state index contributed by atoms with van der Waals surface area (Å²) in [7, 11) is 0. The van der Waals surface area contributed by atoms with Crippen LogP contribution in [0.1, 0.15) is 33.8 Å². The maximum atomic E-state index is 5.52. The molecule has 0 atom stereocenters. The average Bonchev–Trinajstić information content (AvgIpc) is 3.86. The van der Waals surface area contributed by atoms with Crippen molar-refractivity contribution in [1.29, 1.82) is 0 Å². The van der Waals surface area contributed by atoms with Crippen LogP contribution >= 0.6 is 54.7 Å². The zero-order valence-corrected chi connectivity index (χ0v) is 31.9. The van der Waals surface area contributed by atoms with Crippen molar-refractivity contribution in [3.8, 4) is 5.95 Å². The molecule has 0 spiro atoms. The molecule has 0 unspecified atom stereocenters. The van der Waals surface area contributed by atoms with E-state index >= 15 is 0 Å². The van der Waals surface area contributed by atoms with Crippen LogP contribution in [0.25, 0.3) is 99.0 Å². The maximum absolute atomic E-state index is 5.52. The molecule has 2 aliphatic rings. The van der Waals surface area contributed by atoms with Crippen LogP contribution in [-0.2, 0) is 6.42 Å². The van der Waals surface area contributed by atoms with Gasteiger partial charge < -0.3 is 0 Å². The molecule has 51 heavy (non-hydrogen) atoms. The van der Waals surface area contributed by atoms with Crippen LogP contribution in [0.2, 0.25) is 0 Å². The molecule has 0 saturated heterocycles. The summed E-state index contributed by atoms with van der Waals surface area (Å²) in [5.41, 5.74) is 6.10. The lowest BCUT2D eigenvalue weighted by Gasteiger charge is -2.11. The molecule has 11 rings (SSSR count). The third-order valence-corrected chi connectivity index (χ3v) is 15.7. The minimum Gasteiger partial charge on any atom is -0.276 e. The number of thiophene rings is 3. The van der Waals surface area contributed by atoms with Crippen molar-refractivity contribution < 1.29 is 0 Å². The summed E-state index contributed by atoms with van der Waals surface area (Å²) in [5, 5.41) is 9.93. The number of hydrogen-bond acceptors (Lipinski definition) is 5. The fourth-order valence-corrected chi connectivity index (χ4v) is 13.2. The van der Waals surface area contributed by atoms with Crippen molar-refractivity contribution in [2.45, 2.75) is 12.8 Å². The highest BCUT2D eigenvalue weighted by molar-refractivity contribution is 14.2. The van der Waals surface area contributed by atoms with E-state index in [-0.39, 0.29) is 20.7 Å². The molecule has 6 heterocycles. The number of rotatable bonds is 3. The van der Waals surface area contributed by atoms with E-state index in [0.29, 0.717) is 0 Å². The Labute approximate surface area is 315 Å². The minimum absolute atomic E-state index is 0.160. The Morgan fingerprint density at radius 3 is 2.33 bits per heavy atom. The highest BCUT2D eigenvalue weighted by Crippen LogP contribution is 2.48. The lowest BCUT2D eigenvalue weighted by Crippen LogP contribution is -2.15. The van der Waals surface area contributed by atoms with Gasteiger partial charge in [0.05, 0.1) is 21.6 Å². The number of alkyl halides is 1. The topological polar surface area (TPSA) is 30.7 Å². The minimum atomic E-state index is -0.160. The molecule has 0 bridgehead atoms. The van der Waals surface area contributed by atoms with Crippen molar-refractivity contribution >= 4 is 152 Å². The summed E-state index contributed by atoms with van der Waals surface area (Å²) in [4.78, 5) is 13.5. The van der Waals surface area contributed by atoms with E-state index in [9.17, 15) is 0 Å². The van der Waals surface area contributed by atoms with Crippen LogP contribution in [0.4, 0.5) is 0 Å². The molecule has 0 amide bonds. The number of benzene rings is 4. The normalized spacial score (nSPS) is 14.9. The van der Waals surface area contributed by atoms with Crippen LogP contribution in [0, 0.1) is 0 Å². The maximum Gasteiger partial charge on any atom is 0.236 e. The number of nitrogens with zero attached hydrogens (tertiary/aromatic N) is 3. The van der Waals surface area contributed by atoms with E-state index in [4.69, 9.17) is 9.97 Å². The molecule has 9 aromatic rings. The Balaban J connectivity index is 1.25. The van der Waals surface area contributed by atoms with Gasteiger partial charge in [0.15, 0.2) is 0 Å². The average molecular weight is 822 g/mol. The Morgan fingerprint density at radius 2 is 1.49 bits per heavy atom. The van der Waals surface area contributed by atoms with Gasteiger partial charge in [-0.25, -0.2) is 9.97 Å². The molecule has 0 saturated carbocycles. The zero-order valence-electron chi connectivity index (χ0n) is 27.3. The first-order chi connectivity index (χ1) is 25.2. The molecule has 7 heteroatoms. The summed E-state index contributed by atoms with van der Waals surface area (Å²) in [6.07, 6.45) is 18.1. The van der Waals surface area contributed by atoms with Gasteiger partial charge in [0.2, 0.25) is 5.95 Å². The van der Waals surface area contributed by atoms with Crippen LogP contribution in [-0.4, -0.2) is 23.0 Å². The van der Waals surface area contributed by atoms with Crippen LogP contribution < -0.4 is 9.75 Å². The highest BCUT2D eigenvalue weighted by Gasteiger charge is 2.27. The van der Waals surface area contributed by atoms with Crippen molar-refractivity contribution in [3.63, 3.8) is 0 Å². The number of aromatic nitrogens is 3. The first-order valence-corrected chi connectivity index (χ1v) is 22.3. The summed E-state index contributed by atoms with van der Waals surface area (Å²) in [5.74, 6) is 0.744. The standard InChI is InChI=1S/C44H28IN3S3/c1-25-26-12-4-7-19-35(26)49-34(25)22-10-18-32-40-31-16-6-9-21-37(31)51-43(40)47-44(46-32)48-33-24-45-23-11-17-29(33)38-27-13-2-3-14-28(27)39-30-15-5-8-20-36(30)50-42(39)41(38)48/h2-7,9-19,21-22,24H,1,8,20,23H2/b18-10+,34-22+. The highest BCUT2D eigenvalue weighted by atomic mass is 127. The molecule has 1 aliphatic carbocycles. The summed E-state index contributed by atoms with van der Waals surface area (Å²) < 4.78 is 11.1. The summed E-state index contributed by atoms with van der Waals surface area (Å²) in [6, 6.07) is 26.2. The van der Waals surface area contributed by atoms with Crippen molar-refractivity contribution in [3.05, 3.63) is 128 Å². The van der Waals surface area contributed by atoms with Crippen LogP contribution in [0.5, 0.6) is 0 Å². The van der Waals surface area contributed by atoms with E-state index in [0.717, 1.165) is 44.3 Å². The molecule has 0 radical (unpaired) electrons. The summed E-state index contributed by atoms with van der Waals surface area (Å²) >= 11 is 5.35. The van der Waals surface area contributed by atoms with E-state index in [2.05, 4.69) is 130 Å².